The Morgan fingerprint density at radius 1 is 1.12 bits per heavy atom. The number of methoxy groups -OCH3 is 1. The lowest BCUT2D eigenvalue weighted by Crippen LogP contribution is -2.26. The summed E-state index contributed by atoms with van der Waals surface area (Å²) in [4.78, 5) is 28.1. The molecule has 0 spiro atoms. The number of likely N-dealkylation sites (N-methyl/N-ethyl adjacent to an activating group) is 1. The summed E-state index contributed by atoms with van der Waals surface area (Å²) in [6, 6.07) is 13.4. The van der Waals surface area contributed by atoms with Gasteiger partial charge in [0.25, 0.3) is 0 Å². The van der Waals surface area contributed by atoms with Gasteiger partial charge in [0.1, 0.15) is 11.6 Å². The van der Waals surface area contributed by atoms with Gasteiger partial charge in [-0.25, -0.2) is 14.3 Å². The fraction of sp³-hybridized carbons (Fsp3) is 0.217. The number of nitrogens with zero attached hydrogens (tertiary/aromatic N) is 5. The van der Waals surface area contributed by atoms with E-state index in [0.29, 0.717) is 22.8 Å². The number of para-hydroxylation sites is 2. The van der Waals surface area contributed by atoms with Gasteiger partial charge >= 0.3 is 5.69 Å². The molecule has 0 unspecified atom stereocenters. The molecule has 0 atom stereocenters. The highest BCUT2D eigenvalue weighted by Gasteiger charge is 2.17. The van der Waals surface area contributed by atoms with E-state index in [0.717, 1.165) is 25.2 Å². The molecule has 0 radical (unpaired) electrons. The van der Waals surface area contributed by atoms with Crippen molar-refractivity contribution < 1.29 is 4.74 Å². The third kappa shape index (κ3) is 3.52. The lowest BCUT2D eigenvalue weighted by atomic mass is 9.99. The van der Waals surface area contributed by atoms with Gasteiger partial charge in [0.15, 0.2) is 5.65 Å². The molecule has 0 saturated heterocycles. The first-order valence-corrected chi connectivity index (χ1v) is 10.3. The number of ether oxygens (including phenoxy) is 1. The van der Waals surface area contributed by atoms with Crippen LogP contribution in [0.2, 0.25) is 0 Å². The van der Waals surface area contributed by atoms with Crippen molar-refractivity contribution >= 4 is 28.5 Å². The number of nitrogen functional groups attached to an aromatic ring is 1. The smallest absolute Gasteiger partial charge is 0.355 e. The zero-order valence-corrected chi connectivity index (χ0v) is 17.9. The van der Waals surface area contributed by atoms with Gasteiger partial charge in [0.2, 0.25) is 5.95 Å². The van der Waals surface area contributed by atoms with E-state index in [4.69, 9.17) is 10.5 Å². The van der Waals surface area contributed by atoms with Gasteiger partial charge in [0.05, 0.1) is 18.2 Å². The fourth-order valence-corrected chi connectivity index (χ4v) is 4.02. The molecule has 3 N–H and O–H groups in total. The van der Waals surface area contributed by atoms with Gasteiger partial charge in [-0.1, -0.05) is 18.2 Å². The molecule has 5 rings (SSSR count). The molecule has 0 fully saturated rings. The maximum absolute atomic E-state index is 12.8. The highest BCUT2D eigenvalue weighted by Crippen LogP contribution is 2.27. The topological polar surface area (TPSA) is 111 Å². The molecule has 1 aliphatic rings. The van der Waals surface area contributed by atoms with E-state index in [1.165, 1.54) is 22.8 Å². The summed E-state index contributed by atoms with van der Waals surface area (Å²) in [6.45, 7) is 1.97. The Balaban J connectivity index is 1.52. The Bertz CT molecular complexity index is 1380. The highest BCUT2D eigenvalue weighted by atomic mass is 16.5. The van der Waals surface area contributed by atoms with Crippen LogP contribution in [0.5, 0.6) is 5.75 Å². The largest absolute Gasteiger partial charge is 0.495 e. The molecule has 2 aromatic carbocycles. The van der Waals surface area contributed by atoms with Gasteiger partial charge in [-0.05, 0) is 48.9 Å². The summed E-state index contributed by atoms with van der Waals surface area (Å²) in [5.74, 6) is 1.07. The second-order valence-electron chi connectivity index (χ2n) is 7.81. The molecule has 3 heterocycles. The number of hydrogen-bond acceptors (Lipinski definition) is 8. The molecule has 0 saturated carbocycles. The number of fused-ring (bicyclic) bond motifs is 2. The number of benzene rings is 2. The van der Waals surface area contributed by atoms with Crippen LogP contribution in [0.1, 0.15) is 11.1 Å². The van der Waals surface area contributed by atoms with Crippen LogP contribution in [0.25, 0.3) is 16.7 Å². The molecule has 0 aliphatic carbocycles. The van der Waals surface area contributed by atoms with Gasteiger partial charge in [0, 0.05) is 25.0 Å². The van der Waals surface area contributed by atoms with Crippen LogP contribution < -0.4 is 21.5 Å². The third-order valence-corrected chi connectivity index (χ3v) is 5.67. The van der Waals surface area contributed by atoms with Gasteiger partial charge in [-0.3, -0.25) is 0 Å². The molecule has 9 nitrogen and oxygen atoms in total. The maximum atomic E-state index is 12.8. The van der Waals surface area contributed by atoms with Crippen molar-refractivity contribution in [3.63, 3.8) is 0 Å². The Morgan fingerprint density at radius 2 is 1.97 bits per heavy atom. The molecular formula is C23H23N7O2. The zero-order valence-electron chi connectivity index (χ0n) is 17.9. The lowest BCUT2D eigenvalue weighted by molar-refractivity contribution is 0.313. The van der Waals surface area contributed by atoms with Crippen LogP contribution in [0.4, 0.5) is 17.5 Å². The summed E-state index contributed by atoms with van der Waals surface area (Å²) in [6.07, 6.45) is 2.62. The van der Waals surface area contributed by atoms with E-state index in [2.05, 4.69) is 44.3 Å². The van der Waals surface area contributed by atoms with Crippen LogP contribution in [0, 0.1) is 0 Å². The number of nitrogens with two attached hydrogens (primary N) is 1. The minimum atomic E-state index is -0.541. The Labute approximate surface area is 184 Å². The normalized spacial score (nSPS) is 13.7. The molecule has 0 amide bonds. The first-order chi connectivity index (χ1) is 15.5. The monoisotopic (exact) mass is 429 g/mol. The lowest BCUT2D eigenvalue weighted by Gasteiger charge is -2.25. The standard InChI is InChI=1S/C23H23N7O2/c1-29-10-9-14-7-8-16(11-15(14)13-29)26-22-25-12-17-20(24)30(23(31)28-21(17)27-22)18-5-3-4-6-19(18)32-2/h3-8,11-12H,9-10,13,24H2,1-2H3,(H,26,27,28,31). The molecule has 4 aromatic rings. The van der Waals surface area contributed by atoms with Crippen molar-refractivity contribution in [3.05, 3.63) is 70.3 Å². The van der Waals surface area contributed by atoms with Crippen LogP contribution >= 0.6 is 0 Å². The second kappa shape index (κ2) is 7.93. The molecule has 2 aromatic heterocycles. The predicted octanol–water partition coefficient (Wildman–Crippen LogP) is 2.50. The van der Waals surface area contributed by atoms with Gasteiger partial charge in [-0.15, -0.1) is 0 Å². The molecular weight excluding hydrogens is 406 g/mol. The van der Waals surface area contributed by atoms with E-state index < -0.39 is 5.69 Å². The van der Waals surface area contributed by atoms with Gasteiger partial charge < -0.3 is 20.7 Å². The first-order valence-electron chi connectivity index (χ1n) is 10.3. The second-order valence-corrected chi connectivity index (χ2v) is 7.81. The molecule has 9 heteroatoms. The zero-order chi connectivity index (χ0) is 22.2. The minimum absolute atomic E-state index is 0.202. The van der Waals surface area contributed by atoms with E-state index in [9.17, 15) is 4.79 Å². The number of anilines is 3. The van der Waals surface area contributed by atoms with E-state index in [1.54, 1.807) is 24.4 Å². The van der Waals surface area contributed by atoms with Gasteiger partial charge in [-0.2, -0.15) is 9.97 Å². The first kappa shape index (κ1) is 20.0. The Kier molecular flexibility index (Phi) is 4.95. The van der Waals surface area contributed by atoms with E-state index >= 15 is 0 Å². The number of nitrogens with one attached hydrogen (secondary N) is 1. The summed E-state index contributed by atoms with van der Waals surface area (Å²) >= 11 is 0. The molecule has 1 aliphatic heterocycles. The minimum Gasteiger partial charge on any atom is -0.495 e. The predicted molar refractivity (Wildman–Crippen MR) is 124 cm³/mol. The summed E-state index contributed by atoms with van der Waals surface area (Å²) < 4.78 is 6.67. The van der Waals surface area contributed by atoms with Crippen molar-refractivity contribution in [2.24, 2.45) is 0 Å². The summed E-state index contributed by atoms with van der Waals surface area (Å²) in [7, 11) is 3.65. The highest BCUT2D eigenvalue weighted by molar-refractivity contribution is 5.86. The molecule has 162 valence electrons. The van der Waals surface area contributed by atoms with Crippen LogP contribution in [-0.4, -0.2) is 45.1 Å². The maximum Gasteiger partial charge on any atom is 0.355 e. The van der Waals surface area contributed by atoms with Crippen LogP contribution in [-0.2, 0) is 13.0 Å². The quantitative estimate of drug-likeness (QED) is 0.509. The van der Waals surface area contributed by atoms with Crippen LogP contribution in [0.3, 0.4) is 0 Å². The van der Waals surface area contributed by atoms with Crippen LogP contribution in [0.15, 0.2) is 53.5 Å². The Hall–Kier alpha value is -3.98. The van der Waals surface area contributed by atoms with E-state index in [-0.39, 0.29) is 11.5 Å². The third-order valence-electron chi connectivity index (χ3n) is 5.67. The average Bonchev–Trinajstić information content (AvgIpc) is 2.79. The van der Waals surface area contributed by atoms with Crippen molar-refractivity contribution in [1.82, 2.24) is 24.4 Å². The number of aromatic nitrogens is 4. The van der Waals surface area contributed by atoms with Crippen molar-refractivity contribution in [3.8, 4) is 11.4 Å². The fourth-order valence-electron chi connectivity index (χ4n) is 4.02. The SMILES string of the molecule is COc1ccccc1-n1c(N)c2cnc(Nc3ccc4c(c3)CN(C)CC4)nc2nc1=O. The Morgan fingerprint density at radius 3 is 2.81 bits per heavy atom. The molecule has 32 heavy (non-hydrogen) atoms. The number of hydrogen-bond donors (Lipinski definition) is 2. The number of rotatable bonds is 4. The summed E-state index contributed by atoms with van der Waals surface area (Å²) in [5, 5.41) is 3.69. The molecule has 0 bridgehead atoms. The van der Waals surface area contributed by atoms with Crippen molar-refractivity contribution in [2.45, 2.75) is 13.0 Å². The summed E-state index contributed by atoms with van der Waals surface area (Å²) in [5.41, 5.74) is 10.1. The van der Waals surface area contributed by atoms with Crippen molar-refractivity contribution in [1.29, 1.82) is 0 Å². The van der Waals surface area contributed by atoms with E-state index in [1.807, 2.05) is 12.1 Å². The average molecular weight is 429 g/mol. The van der Waals surface area contributed by atoms with Crippen molar-refractivity contribution in [2.75, 3.05) is 31.8 Å².